The first-order chi connectivity index (χ1) is 5.90. The van der Waals surface area contributed by atoms with Gasteiger partial charge in [0.2, 0.25) is 11.8 Å². The number of methoxy groups -OCH3 is 1. The summed E-state index contributed by atoms with van der Waals surface area (Å²) in [6, 6.07) is 0. The summed E-state index contributed by atoms with van der Waals surface area (Å²) in [5, 5.41) is 7.83. The van der Waals surface area contributed by atoms with Crippen molar-refractivity contribution in [1.29, 1.82) is 0 Å². The van der Waals surface area contributed by atoms with Crippen molar-refractivity contribution in [3.8, 4) is 0 Å². The zero-order valence-corrected chi connectivity index (χ0v) is 7.12. The predicted molar refractivity (Wildman–Crippen MR) is 41.6 cm³/mol. The van der Waals surface area contributed by atoms with E-state index in [1.165, 1.54) is 19.3 Å². The third-order valence-corrected chi connectivity index (χ3v) is 2.20. The molecule has 0 N–H and O–H groups in total. The molecule has 0 saturated heterocycles. The predicted octanol–water partition coefficient (Wildman–Crippen LogP) is 1.48. The summed E-state index contributed by atoms with van der Waals surface area (Å²) in [6.07, 6.45) is 3.66. The lowest BCUT2D eigenvalue weighted by Crippen LogP contribution is -2.08. The molecule has 0 unspecified atom stereocenters. The Morgan fingerprint density at radius 2 is 2.33 bits per heavy atom. The number of rotatable bonds is 3. The fraction of sp³-hybridized carbons (Fsp3) is 0.750. The van der Waals surface area contributed by atoms with Crippen LogP contribution in [0.25, 0.3) is 0 Å². The fourth-order valence-electron chi connectivity index (χ4n) is 1.27. The van der Waals surface area contributed by atoms with Gasteiger partial charge in [0.25, 0.3) is 0 Å². The molecule has 1 aliphatic carbocycles. The molecule has 0 aliphatic heterocycles. The van der Waals surface area contributed by atoms with Crippen LogP contribution in [0.4, 0.5) is 0 Å². The van der Waals surface area contributed by atoms with Gasteiger partial charge in [0, 0.05) is 13.0 Å². The average Bonchev–Trinajstić information content (AvgIpc) is 2.34. The van der Waals surface area contributed by atoms with Crippen LogP contribution in [0.3, 0.4) is 0 Å². The highest BCUT2D eigenvalue weighted by Crippen LogP contribution is 2.35. The average molecular weight is 168 g/mol. The van der Waals surface area contributed by atoms with Crippen molar-refractivity contribution >= 4 is 0 Å². The van der Waals surface area contributed by atoms with E-state index in [-0.39, 0.29) is 0 Å². The second-order valence-electron chi connectivity index (χ2n) is 3.09. The van der Waals surface area contributed by atoms with Gasteiger partial charge in [-0.15, -0.1) is 10.2 Å². The molecule has 1 saturated carbocycles. The van der Waals surface area contributed by atoms with E-state index >= 15 is 0 Å². The molecular formula is C8H12N2O2. The van der Waals surface area contributed by atoms with E-state index in [4.69, 9.17) is 9.15 Å². The molecule has 2 rings (SSSR count). The minimum atomic E-state index is 0.416. The molecule has 0 bridgehead atoms. The van der Waals surface area contributed by atoms with Gasteiger partial charge < -0.3 is 9.15 Å². The van der Waals surface area contributed by atoms with E-state index < -0.39 is 0 Å². The van der Waals surface area contributed by atoms with E-state index in [1.807, 2.05) is 0 Å². The number of ether oxygens (including phenoxy) is 1. The molecule has 1 aliphatic rings. The fourth-order valence-corrected chi connectivity index (χ4v) is 1.27. The van der Waals surface area contributed by atoms with Gasteiger partial charge in [0.1, 0.15) is 6.61 Å². The highest BCUT2D eigenvalue weighted by molar-refractivity contribution is 4.95. The molecule has 1 aromatic rings. The van der Waals surface area contributed by atoms with Gasteiger partial charge in [-0.1, -0.05) is 6.42 Å². The number of nitrogens with zero attached hydrogens (tertiary/aromatic N) is 2. The monoisotopic (exact) mass is 168 g/mol. The first-order valence-electron chi connectivity index (χ1n) is 4.21. The van der Waals surface area contributed by atoms with Gasteiger partial charge in [-0.25, -0.2) is 0 Å². The molecule has 1 aromatic heterocycles. The summed E-state index contributed by atoms with van der Waals surface area (Å²) in [7, 11) is 1.62. The van der Waals surface area contributed by atoms with Gasteiger partial charge in [-0.2, -0.15) is 0 Å². The Morgan fingerprint density at radius 3 is 2.92 bits per heavy atom. The molecule has 0 amide bonds. The number of aromatic nitrogens is 2. The van der Waals surface area contributed by atoms with Crippen LogP contribution in [-0.2, 0) is 11.3 Å². The van der Waals surface area contributed by atoms with Gasteiger partial charge >= 0.3 is 0 Å². The standard InChI is InChI=1S/C8H12N2O2/c1-11-5-7-9-10-8(12-7)6-3-2-4-6/h6H,2-5H2,1H3. The second-order valence-corrected chi connectivity index (χ2v) is 3.09. The normalized spacial score (nSPS) is 17.8. The Kier molecular flexibility index (Phi) is 2.08. The highest BCUT2D eigenvalue weighted by Gasteiger charge is 2.24. The van der Waals surface area contributed by atoms with Crippen LogP contribution in [0.5, 0.6) is 0 Å². The van der Waals surface area contributed by atoms with E-state index in [9.17, 15) is 0 Å². The summed E-state index contributed by atoms with van der Waals surface area (Å²) in [4.78, 5) is 0. The first-order valence-corrected chi connectivity index (χ1v) is 4.21. The molecule has 0 spiro atoms. The van der Waals surface area contributed by atoms with Crippen molar-refractivity contribution in [3.63, 3.8) is 0 Å². The molecule has 0 radical (unpaired) electrons. The van der Waals surface area contributed by atoms with Crippen molar-refractivity contribution in [2.24, 2.45) is 0 Å². The molecule has 0 atom stereocenters. The maximum Gasteiger partial charge on any atom is 0.242 e. The van der Waals surface area contributed by atoms with Gasteiger partial charge in [0.15, 0.2) is 0 Å². The minimum absolute atomic E-state index is 0.416. The van der Waals surface area contributed by atoms with Crippen LogP contribution < -0.4 is 0 Å². The minimum Gasteiger partial charge on any atom is -0.422 e. The van der Waals surface area contributed by atoms with Crippen LogP contribution in [0.2, 0.25) is 0 Å². The summed E-state index contributed by atoms with van der Waals surface area (Å²) in [5.74, 6) is 1.89. The van der Waals surface area contributed by atoms with Crippen LogP contribution in [0.1, 0.15) is 37.0 Å². The van der Waals surface area contributed by atoms with E-state index in [0.717, 1.165) is 5.89 Å². The smallest absolute Gasteiger partial charge is 0.242 e. The number of hydrogen-bond acceptors (Lipinski definition) is 4. The molecule has 4 heteroatoms. The number of hydrogen-bond donors (Lipinski definition) is 0. The van der Waals surface area contributed by atoms with E-state index in [0.29, 0.717) is 18.4 Å². The third kappa shape index (κ3) is 1.34. The Morgan fingerprint density at radius 1 is 1.50 bits per heavy atom. The Labute approximate surface area is 70.9 Å². The molecule has 0 aromatic carbocycles. The van der Waals surface area contributed by atoms with Crippen molar-refractivity contribution in [3.05, 3.63) is 11.8 Å². The summed E-state index contributed by atoms with van der Waals surface area (Å²) < 4.78 is 10.3. The molecule has 12 heavy (non-hydrogen) atoms. The summed E-state index contributed by atoms with van der Waals surface area (Å²) >= 11 is 0. The van der Waals surface area contributed by atoms with Crippen molar-refractivity contribution in [2.45, 2.75) is 31.8 Å². The first kappa shape index (κ1) is 7.73. The lowest BCUT2D eigenvalue weighted by atomic mass is 9.85. The molecule has 1 fully saturated rings. The zero-order chi connectivity index (χ0) is 8.39. The van der Waals surface area contributed by atoms with E-state index in [2.05, 4.69) is 10.2 Å². The van der Waals surface area contributed by atoms with Gasteiger partial charge in [-0.05, 0) is 12.8 Å². The van der Waals surface area contributed by atoms with Crippen LogP contribution in [-0.4, -0.2) is 17.3 Å². The maximum atomic E-state index is 5.38. The zero-order valence-electron chi connectivity index (χ0n) is 7.12. The molecule has 66 valence electrons. The van der Waals surface area contributed by atoms with E-state index in [1.54, 1.807) is 7.11 Å². The Balaban J connectivity index is 2.02. The summed E-state index contributed by atoms with van der Waals surface area (Å²) in [6.45, 7) is 0.416. The lowest BCUT2D eigenvalue weighted by Gasteiger charge is -2.20. The molecule has 4 nitrogen and oxygen atoms in total. The van der Waals surface area contributed by atoms with Crippen molar-refractivity contribution in [1.82, 2.24) is 10.2 Å². The third-order valence-electron chi connectivity index (χ3n) is 2.20. The molecular weight excluding hydrogens is 156 g/mol. The SMILES string of the molecule is COCc1nnc(C2CCC2)o1. The lowest BCUT2D eigenvalue weighted by molar-refractivity contribution is 0.155. The van der Waals surface area contributed by atoms with Crippen LogP contribution >= 0.6 is 0 Å². The van der Waals surface area contributed by atoms with Gasteiger partial charge in [-0.3, -0.25) is 0 Å². The quantitative estimate of drug-likeness (QED) is 0.686. The Bertz CT molecular complexity index is 255. The summed E-state index contributed by atoms with van der Waals surface area (Å²) in [5.41, 5.74) is 0. The second kappa shape index (κ2) is 3.23. The van der Waals surface area contributed by atoms with Crippen LogP contribution in [0, 0.1) is 0 Å². The Hall–Kier alpha value is -0.900. The van der Waals surface area contributed by atoms with Crippen molar-refractivity contribution in [2.75, 3.05) is 7.11 Å². The topological polar surface area (TPSA) is 48.2 Å². The van der Waals surface area contributed by atoms with Gasteiger partial charge in [0.05, 0.1) is 0 Å². The van der Waals surface area contributed by atoms with Crippen molar-refractivity contribution < 1.29 is 9.15 Å². The molecule has 1 heterocycles. The highest BCUT2D eigenvalue weighted by atomic mass is 16.5. The largest absolute Gasteiger partial charge is 0.422 e. The van der Waals surface area contributed by atoms with Crippen LogP contribution in [0.15, 0.2) is 4.42 Å². The maximum absolute atomic E-state index is 5.38.